The maximum Gasteiger partial charge on any atom is 0.263 e. The summed E-state index contributed by atoms with van der Waals surface area (Å²) in [6.07, 6.45) is 9.44. The number of hydrogen-bond acceptors (Lipinski definition) is 5. The van der Waals surface area contributed by atoms with E-state index in [0.29, 0.717) is 36.2 Å². The van der Waals surface area contributed by atoms with E-state index in [-0.39, 0.29) is 11.1 Å². The second-order valence-electron chi connectivity index (χ2n) is 7.79. The Balaban J connectivity index is 1.62. The number of nitrogens with zero attached hydrogens (tertiary/aromatic N) is 3. The molecule has 2 heterocycles. The molecule has 2 aromatic heterocycles. The van der Waals surface area contributed by atoms with Gasteiger partial charge in [0.15, 0.2) is 5.65 Å². The Kier molecular flexibility index (Phi) is 5.42. The summed E-state index contributed by atoms with van der Waals surface area (Å²) in [4.78, 5) is 19.6. The average Bonchev–Trinajstić information content (AvgIpc) is 2.82. The summed E-state index contributed by atoms with van der Waals surface area (Å²) in [6.45, 7) is 7.35. The standard InChI is InChI=1S/C18H29N5O2/c1-18(2,3)23-15-14(12-20-23)16(24)22-17(21-15)19-10-11-25-13-8-6-4-5-7-9-13/h12-13H,4-11H2,1-3H3,(H2,19,21,22,24). The van der Waals surface area contributed by atoms with Gasteiger partial charge < -0.3 is 10.1 Å². The molecule has 0 amide bonds. The minimum atomic E-state index is -0.234. The summed E-state index contributed by atoms with van der Waals surface area (Å²) in [7, 11) is 0. The molecule has 0 unspecified atom stereocenters. The predicted molar refractivity (Wildman–Crippen MR) is 99.1 cm³/mol. The van der Waals surface area contributed by atoms with Crippen LogP contribution < -0.4 is 10.9 Å². The highest BCUT2D eigenvalue weighted by molar-refractivity contribution is 5.74. The van der Waals surface area contributed by atoms with E-state index in [1.807, 2.05) is 20.8 Å². The Labute approximate surface area is 148 Å². The zero-order valence-corrected chi connectivity index (χ0v) is 15.5. The van der Waals surface area contributed by atoms with E-state index in [0.717, 1.165) is 12.8 Å². The fourth-order valence-electron chi connectivity index (χ4n) is 3.30. The molecule has 1 saturated carbocycles. The average molecular weight is 347 g/mol. The topological polar surface area (TPSA) is 84.8 Å². The van der Waals surface area contributed by atoms with Crippen molar-refractivity contribution in [1.82, 2.24) is 19.7 Å². The molecule has 0 aliphatic heterocycles. The summed E-state index contributed by atoms with van der Waals surface area (Å²) in [5.74, 6) is 0.466. The third-order valence-electron chi connectivity index (χ3n) is 4.62. The van der Waals surface area contributed by atoms with E-state index in [9.17, 15) is 4.79 Å². The first-order valence-electron chi connectivity index (χ1n) is 9.29. The number of rotatable bonds is 5. The Hall–Kier alpha value is -1.89. The van der Waals surface area contributed by atoms with Crippen LogP contribution in [0.2, 0.25) is 0 Å². The van der Waals surface area contributed by atoms with Crippen LogP contribution in [-0.4, -0.2) is 39.0 Å². The predicted octanol–water partition coefficient (Wildman–Crippen LogP) is 3.03. The molecule has 7 nitrogen and oxygen atoms in total. The van der Waals surface area contributed by atoms with Gasteiger partial charge in [-0.3, -0.25) is 9.78 Å². The van der Waals surface area contributed by atoms with E-state index in [1.54, 1.807) is 10.9 Å². The van der Waals surface area contributed by atoms with Crippen LogP contribution in [0.4, 0.5) is 5.95 Å². The summed E-state index contributed by atoms with van der Waals surface area (Å²) in [5.41, 5.74) is 0.193. The van der Waals surface area contributed by atoms with Crippen LogP contribution in [0.25, 0.3) is 11.0 Å². The number of hydrogen-bond donors (Lipinski definition) is 2. The van der Waals surface area contributed by atoms with E-state index >= 15 is 0 Å². The van der Waals surface area contributed by atoms with Gasteiger partial charge in [-0.05, 0) is 33.6 Å². The van der Waals surface area contributed by atoms with Gasteiger partial charge >= 0.3 is 0 Å². The number of ether oxygens (including phenoxy) is 1. The quantitative estimate of drug-likeness (QED) is 0.641. The summed E-state index contributed by atoms with van der Waals surface area (Å²) < 4.78 is 7.75. The SMILES string of the molecule is CC(C)(C)n1ncc2c(=O)[nH]c(NCCOC3CCCCCC3)nc21. The molecule has 0 atom stereocenters. The van der Waals surface area contributed by atoms with Crippen molar-refractivity contribution in [2.75, 3.05) is 18.5 Å². The van der Waals surface area contributed by atoms with Crippen molar-refractivity contribution >= 4 is 17.0 Å². The molecule has 7 heteroatoms. The summed E-state index contributed by atoms with van der Waals surface area (Å²) >= 11 is 0. The second-order valence-corrected chi connectivity index (χ2v) is 7.79. The monoisotopic (exact) mass is 347 g/mol. The lowest BCUT2D eigenvalue weighted by atomic mass is 10.1. The molecule has 2 N–H and O–H groups in total. The molecule has 0 bridgehead atoms. The molecule has 138 valence electrons. The number of anilines is 1. The molecule has 3 rings (SSSR count). The van der Waals surface area contributed by atoms with Crippen LogP contribution in [0, 0.1) is 0 Å². The molecule has 1 aliphatic carbocycles. The van der Waals surface area contributed by atoms with Crippen molar-refractivity contribution in [1.29, 1.82) is 0 Å². The molecule has 25 heavy (non-hydrogen) atoms. The fraction of sp³-hybridized carbons (Fsp3) is 0.722. The van der Waals surface area contributed by atoms with E-state index < -0.39 is 0 Å². The molecule has 0 spiro atoms. The smallest absolute Gasteiger partial charge is 0.263 e. The van der Waals surface area contributed by atoms with Gasteiger partial charge in [-0.15, -0.1) is 0 Å². The molecule has 0 aromatic carbocycles. The Bertz CT molecular complexity index is 751. The zero-order valence-electron chi connectivity index (χ0n) is 15.5. The number of aromatic nitrogens is 4. The van der Waals surface area contributed by atoms with Crippen molar-refractivity contribution in [2.45, 2.75) is 70.9 Å². The van der Waals surface area contributed by atoms with Crippen molar-refractivity contribution in [3.8, 4) is 0 Å². The highest BCUT2D eigenvalue weighted by Crippen LogP contribution is 2.20. The molecule has 2 aromatic rings. The van der Waals surface area contributed by atoms with Crippen molar-refractivity contribution in [3.63, 3.8) is 0 Å². The Morgan fingerprint density at radius 2 is 2.00 bits per heavy atom. The third kappa shape index (κ3) is 4.39. The van der Waals surface area contributed by atoms with Gasteiger partial charge in [0, 0.05) is 6.54 Å². The van der Waals surface area contributed by atoms with Crippen LogP contribution >= 0.6 is 0 Å². The first-order chi connectivity index (χ1) is 11.9. The van der Waals surface area contributed by atoms with Crippen LogP contribution in [0.15, 0.2) is 11.0 Å². The minimum Gasteiger partial charge on any atom is -0.376 e. The normalized spacial score (nSPS) is 16.9. The van der Waals surface area contributed by atoms with Crippen molar-refractivity contribution < 1.29 is 4.74 Å². The summed E-state index contributed by atoms with van der Waals surface area (Å²) in [6, 6.07) is 0. The highest BCUT2D eigenvalue weighted by Gasteiger charge is 2.20. The lowest BCUT2D eigenvalue weighted by molar-refractivity contribution is 0.0501. The van der Waals surface area contributed by atoms with Gasteiger partial charge in [0.1, 0.15) is 5.39 Å². The van der Waals surface area contributed by atoms with Gasteiger partial charge in [0.2, 0.25) is 5.95 Å². The Morgan fingerprint density at radius 1 is 1.28 bits per heavy atom. The van der Waals surface area contributed by atoms with Crippen LogP contribution in [0.1, 0.15) is 59.3 Å². The van der Waals surface area contributed by atoms with Gasteiger partial charge in [0.05, 0.1) is 24.4 Å². The van der Waals surface area contributed by atoms with Crippen molar-refractivity contribution in [3.05, 3.63) is 16.6 Å². The molecule has 0 saturated heterocycles. The lowest BCUT2D eigenvalue weighted by Gasteiger charge is -2.20. The fourth-order valence-corrected chi connectivity index (χ4v) is 3.30. The van der Waals surface area contributed by atoms with Crippen LogP contribution in [-0.2, 0) is 10.3 Å². The largest absolute Gasteiger partial charge is 0.376 e. The number of nitrogens with one attached hydrogen (secondary N) is 2. The molecular weight excluding hydrogens is 318 g/mol. The molecule has 1 aliphatic rings. The highest BCUT2D eigenvalue weighted by atomic mass is 16.5. The van der Waals surface area contributed by atoms with Gasteiger partial charge in [-0.2, -0.15) is 10.1 Å². The Morgan fingerprint density at radius 3 is 2.68 bits per heavy atom. The van der Waals surface area contributed by atoms with Gasteiger partial charge in [0.25, 0.3) is 5.56 Å². The number of H-pyrrole nitrogens is 1. The zero-order chi connectivity index (χ0) is 17.9. The maximum atomic E-state index is 12.2. The van der Waals surface area contributed by atoms with E-state index in [1.165, 1.54) is 25.7 Å². The van der Waals surface area contributed by atoms with Gasteiger partial charge in [-0.25, -0.2) is 4.68 Å². The van der Waals surface area contributed by atoms with Crippen molar-refractivity contribution in [2.24, 2.45) is 0 Å². The second kappa shape index (κ2) is 7.56. The number of fused-ring (bicyclic) bond motifs is 1. The number of aromatic amines is 1. The van der Waals surface area contributed by atoms with Gasteiger partial charge in [-0.1, -0.05) is 25.7 Å². The van der Waals surface area contributed by atoms with E-state index in [2.05, 4.69) is 20.4 Å². The van der Waals surface area contributed by atoms with Crippen LogP contribution in [0.3, 0.4) is 0 Å². The van der Waals surface area contributed by atoms with E-state index in [4.69, 9.17) is 4.74 Å². The first kappa shape index (κ1) is 17.9. The summed E-state index contributed by atoms with van der Waals surface area (Å²) in [5, 5.41) is 7.99. The maximum absolute atomic E-state index is 12.2. The lowest BCUT2D eigenvalue weighted by Crippen LogP contribution is -2.24. The molecule has 0 radical (unpaired) electrons. The minimum absolute atomic E-state index is 0.173. The molecular formula is C18H29N5O2. The van der Waals surface area contributed by atoms with Crippen LogP contribution in [0.5, 0.6) is 0 Å². The molecule has 1 fully saturated rings. The first-order valence-corrected chi connectivity index (χ1v) is 9.29. The third-order valence-corrected chi connectivity index (χ3v) is 4.62.